The van der Waals surface area contributed by atoms with E-state index < -0.39 is 0 Å². The van der Waals surface area contributed by atoms with Crippen LogP contribution in [0, 0.1) is 0 Å². The highest BCUT2D eigenvalue weighted by Gasteiger charge is 2.21. The largest absolute Gasteiger partial charge is 0.292 e. The second-order valence-corrected chi connectivity index (χ2v) is 14.9. The molecule has 0 aliphatic heterocycles. The molecule has 0 saturated carbocycles. The van der Waals surface area contributed by atoms with Gasteiger partial charge in [0.25, 0.3) is 0 Å². The smallest absolute Gasteiger partial charge is 0.145 e. The first-order valence-corrected chi connectivity index (χ1v) is 19.2. The highest BCUT2D eigenvalue weighted by atomic mass is 32.1. The maximum atomic E-state index is 5.24. The number of hydrogen-bond donors (Lipinski definition) is 0. The summed E-state index contributed by atoms with van der Waals surface area (Å²) in [6.07, 6.45) is 0. The fourth-order valence-electron chi connectivity index (χ4n) is 8.41. The lowest BCUT2D eigenvalue weighted by Crippen LogP contribution is -1.97. The molecule has 11 rings (SSSR count). The third kappa shape index (κ3) is 4.83. The van der Waals surface area contributed by atoms with Gasteiger partial charge in [-0.2, -0.15) is 0 Å². The van der Waals surface area contributed by atoms with Gasteiger partial charge in [-0.15, -0.1) is 11.3 Å². The molecule has 0 aliphatic carbocycles. The standard InChI is InChI=1S/C51H32N2S/c1-4-16-33(17-5-1)38-26-15-27-41-42-31-43-44(32-47(42)54-50(38)41)48(34-18-6-2-7-19-34)39-24-10-11-25-40(39)49(43)35-20-14-21-36(30-35)51-52-45-28-12-13-29-46(45)53(51)37-22-8-3-9-23-37/h1-32H. The predicted molar refractivity (Wildman–Crippen MR) is 231 cm³/mol. The summed E-state index contributed by atoms with van der Waals surface area (Å²) in [5.74, 6) is 0.929. The van der Waals surface area contributed by atoms with Gasteiger partial charge in [-0.25, -0.2) is 4.98 Å². The molecule has 0 unspecified atom stereocenters. The minimum Gasteiger partial charge on any atom is -0.292 e. The van der Waals surface area contributed by atoms with E-state index in [1.165, 1.54) is 75.1 Å². The van der Waals surface area contributed by atoms with Crippen molar-refractivity contribution in [2.24, 2.45) is 0 Å². The van der Waals surface area contributed by atoms with E-state index in [1.54, 1.807) is 0 Å². The Kier molecular flexibility index (Phi) is 7.07. The van der Waals surface area contributed by atoms with Crippen molar-refractivity contribution >= 4 is 64.1 Å². The molecule has 0 spiro atoms. The average Bonchev–Trinajstić information content (AvgIpc) is 3.81. The van der Waals surface area contributed by atoms with E-state index in [-0.39, 0.29) is 0 Å². The summed E-state index contributed by atoms with van der Waals surface area (Å²) in [6.45, 7) is 0. The van der Waals surface area contributed by atoms with Gasteiger partial charge in [0.05, 0.1) is 11.0 Å². The van der Waals surface area contributed by atoms with Gasteiger partial charge in [-0.1, -0.05) is 152 Å². The topological polar surface area (TPSA) is 17.8 Å². The van der Waals surface area contributed by atoms with E-state index >= 15 is 0 Å². The summed E-state index contributed by atoms with van der Waals surface area (Å²) >= 11 is 1.90. The summed E-state index contributed by atoms with van der Waals surface area (Å²) in [5.41, 5.74) is 11.7. The molecule has 2 heterocycles. The van der Waals surface area contributed by atoms with Crippen LogP contribution in [0.1, 0.15) is 0 Å². The summed E-state index contributed by atoms with van der Waals surface area (Å²) < 4.78 is 4.90. The van der Waals surface area contributed by atoms with Crippen LogP contribution in [0.15, 0.2) is 194 Å². The summed E-state index contributed by atoms with van der Waals surface area (Å²) in [7, 11) is 0. The van der Waals surface area contributed by atoms with E-state index in [2.05, 4.69) is 199 Å². The molecule has 0 N–H and O–H groups in total. The number of hydrogen-bond acceptors (Lipinski definition) is 2. The number of thiophene rings is 1. The number of benzene rings is 9. The molecule has 0 fully saturated rings. The lowest BCUT2D eigenvalue weighted by Gasteiger charge is -2.18. The zero-order valence-electron chi connectivity index (χ0n) is 29.3. The van der Waals surface area contributed by atoms with Crippen LogP contribution in [0.2, 0.25) is 0 Å². The van der Waals surface area contributed by atoms with Crippen LogP contribution in [0.5, 0.6) is 0 Å². The van der Waals surface area contributed by atoms with Crippen LogP contribution in [-0.4, -0.2) is 9.55 Å². The lowest BCUT2D eigenvalue weighted by atomic mass is 9.85. The number of fused-ring (bicyclic) bond motifs is 6. The molecule has 3 heteroatoms. The van der Waals surface area contributed by atoms with Gasteiger partial charge in [0.2, 0.25) is 0 Å². The lowest BCUT2D eigenvalue weighted by molar-refractivity contribution is 1.10. The quantitative estimate of drug-likeness (QED) is 0.163. The van der Waals surface area contributed by atoms with E-state index in [0.717, 1.165) is 28.1 Å². The first-order valence-electron chi connectivity index (χ1n) is 18.4. The van der Waals surface area contributed by atoms with Gasteiger partial charge in [-0.05, 0) is 97.4 Å². The monoisotopic (exact) mass is 704 g/mol. The minimum absolute atomic E-state index is 0.929. The molecule has 9 aromatic carbocycles. The van der Waals surface area contributed by atoms with Gasteiger partial charge < -0.3 is 0 Å². The molecule has 2 aromatic heterocycles. The number of nitrogens with zero attached hydrogens (tertiary/aromatic N) is 2. The Labute approximate surface area is 316 Å². The first-order chi connectivity index (χ1) is 26.8. The number of aromatic nitrogens is 2. The van der Waals surface area contributed by atoms with Crippen LogP contribution < -0.4 is 0 Å². The van der Waals surface area contributed by atoms with Crippen LogP contribution >= 0.6 is 11.3 Å². The van der Waals surface area contributed by atoms with Crippen molar-refractivity contribution in [3.05, 3.63) is 194 Å². The van der Waals surface area contributed by atoms with Gasteiger partial charge in [0, 0.05) is 31.4 Å². The van der Waals surface area contributed by atoms with Gasteiger partial charge in [-0.3, -0.25) is 4.57 Å². The van der Waals surface area contributed by atoms with Crippen LogP contribution in [0.25, 0.3) is 103 Å². The fraction of sp³-hybridized carbons (Fsp3) is 0. The Hall–Kier alpha value is -6.81. The molecule has 0 bridgehead atoms. The van der Waals surface area contributed by atoms with E-state index in [9.17, 15) is 0 Å². The minimum atomic E-state index is 0.929. The second kappa shape index (κ2) is 12.4. The molecule has 54 heavy (non-hydrogen) atoms. The molecule has 0 amide bonds. The summed E-state index contributed by atoms with van der Waals surface area (Å²) in [5, 5.41) is 7.58. The third-order valence-corrected chi connectivity index (χ3v) is 12.0. The van der Waals surface area contributed by atoms with Crippen molar-refractivity contribution in [1.29, 1.82) is 0 Å². The third-order valence-electron chi connectivity index (χ3n) is 10.8. The number of imidazole rings is 1. The number of para-hydroxylation sites is 3. The molecule has 0 saturated heterocycles. The average molecular weight is 705 g/mol. The molecule has 2 nitrogen and oxygen atoms in total. The van der Waals surface area contributed by atoms with Crippen LogP contribution in [-0.2, 0) is 0 Å². The maximum Gasteiger partial charge on any atom is 0.145 e. The van der Waals surface area contributed by atoms with Crippen molar-refractivity contribution < 1.29 is 0 Å². The van der Waals surface area contributed by atoms with Gasteiger partial charge in [0.1, 0.15) is 5.82 Å². The van der Waals surface area contributed by atoms with Crippen LogP contribution in [0.3, 0.4) is 0 Å². The molecule has 0 atom stereocenters. The van der Waals surface area contributed by atoms with Crippen molar-refractivity contribution in [3.63, 3.8) is 0 Å². The SMILES string of the molecule is c1ccc(-c2c3ccccc3c(-c3cccc(-c4nc5ccccc5n4-c4ccccc4)c3)c3cc4c(cc23)sc2c(-c3ccccc3)cccc24)cc1. The fourth-order valence-corrected chi connectivity index (χ4v) is 9.67. The van der Waals surface area contributed by atoms with Gasteiger partial charge >= 0.3 is 0 Å². The van der Waals surface area contributed by atoms with E-state index in [4.69, 9.17) is 4.98 Å². The van der Waals surface area contributed by atoms with Gasteiger partial charge in [0.15, 0.2) is 0 Å². The molecular formula is C51H32N2S. The summed E-state index contributed by atoms with van der Waals surface area (Å²) in [4.78, 5) is 5.24. The van der Waals surface area contributed by atoms with E-state index in [1.807, 2.05) is 11.3 Å². The Morgan fingerprint density at radius 2 is 0.963 bits per heavy atom. The van der Waals surface area contributed by atoms with Crippen LogP contribution in [0.4, 0.5) is 0 Å². The van der Waals surface area contributed by atoms with E-state index in [0.29, 0.717) is 0 Å². The predicted octanol–water partition coefficient (Wildman–Crippen LogP) is 14.4. The maximum absolute atomic E-state index is 5.24. The molecule has 252 valence electrons. The number of rotatable bonds is 5. The Morgan fingerprint density at radius 1 is 0.389 bits per heavy atom. The first kappa shape index (κ1) is 30.8. The second-order valence-electron chi connectivity index (χ2n) is 13.9. The normalized spacial score (nSPS) is 11.7. The van der Waals surface area contributed by atoms with Crippen molar-refractivity contribution in [1.82, 2.24) is 9.55 Å². The highest BCUT2D eigenvalue weighted by Crippen LogP contribution is 2.48. The Morgan fingerprint density at radius 3 is 1.74 bits per heavy atom. The molecule has 0 radical (unpaired) electrons. The van der Waals surface area contributed by atoms with Crippen molar-refractivity contribution in [2.75, 3.05) is 0 Å². The highest BCUT2D eigenvalue weighted by molar-refractivity contribution is 7.26. The van der Waals surface area contributed by atoms with Crippen molar-refractivity contribution in [2.45, 2.75) is 0 Å². The summed E-state index contributed by atoms with van der Waals surface area (Å²) in [6, 6.07) is 70.3. The van der Waals surface area contributed by atoms with Crippen molar-refractivity contribution in [3.8, 4) is 50.5 Å². The molecule has 11 aromatic rings. The zero-order valence-corrected chi connectivity index (χ0v) is 30.1. The Bertz CT molecular complexity index is 3190. The molecule has 0 aliphatic rings. The Balaban J connectivity index is 1.23. The zero-order chi connectivity index (χ0) is 35.6. The molecular weight excluding hydrogens is 673 g/mol.